The Hall–Kier alpha value is -1.93. The summed E-state index contributed by atoms with van der Waals surface area (Å²) in [5, 5.41) is 21.2. The van der Waals surface area contributed by atoms with E-state index in [1.807, 2.05) is 72.7 Å². The number of amides is 1. The summed E-state index contributed by atoms with van der Waals surface area (Å²) >= 11 is 0. The molecule has 3 N–H and O–H groups in total. The number of benzene rings is 1. The summed E-state index contributed by atoms with van der Waals surface area (Å²) in [6.45, 7) is 17.9. The summed E-state index contributed by atoms with van der Waals surface area (Å²) in [6.07, 6.45) is -0.206. The first-order valence-corrected chi connectivity index (χ1v) is 11.5. The minimum absolute atomic E-state index is 0.0731. The van der Waals surface area contributed by atoms with Gasteiger partial charge in [0, 0.05) is 6.42 Å². The lowest BCUT2D eigenvalue weighted by Crippen LogP contribution is -2.42. The minimum atomic E-state index is -0.884. The fourth-order valence-electron chi connectivity index (χ4n) is 3.02. The van der Waals surface area contributed by atoms with Gasteiger partial charge in [-0.2, -0.15) is 0 Å². The molecule has 0 heterocycles. The summed E-state index contributed by atoms with van der Waals surface area (Å²) in [5.74, 6) is 0. The van der Waals surface area contributed by atoms with Gasteiger partial charge in [0.1, 0.15) is 6.10 Å². The number of ether oxygens (including phenoxy) is 3. The van der Waals surface area contributed by atoms with Crippen LogP contribution in [0.15, 0.2) is 30.8 Å². The molecule has 0 aliphatic heterocycles. The first kappa shape index (κ1) is 29.1. The van der Waals surface area contributed by atoms with Crippen molar-refractivity contribution in [2.75, 3.05) is 26.4 Å². The van der Waals surface area contributed by atoms with Gasteiger partial charge in [0.2, 0.25) is 0 Å². The Balaban J connectivity index is 2.44. The smallest absolute Gasteiger partial charge is 0.407 e. The van der Waals surface area contributed by atoms with Crippen LogP contribution in [-0.2, 0) is 19.7 Å². The highest BCUT2D eigenvalue weighted by atomic mass is 16.6. The molecule has 1 amide bonds. The van der Waals surface area contributed by atoms with E-state index in [0.29, 0.717) is 19.4 Å². The van der Waals surface area contributed by atoms with Crippen molar-refractivity contribution < 1.29 is 29.2 Å². The standard InChI is InChI=1S/C26H43NO6/c1-19(2)20-10-9-11-21(16-20)26(7,8)27-23(30)31-14-12-24(3,4)32-15-13-25(5,6)33-18-22(29)17-28/h9-11,16,22,28-29H,1,12-15,17-18H2,2-8H3,(H,27,30). The van der Waals surface area contributed by atoms with Crippen LogP contribution >= 0.6 is 0 Å². The summed E-state index contributed by atoms with van der Waals surface area (Å²) in [5.41, 5.74) is 1.41. The summed E-state index contributed by atoms with van der Waals surface area (Å²) < 4.78 is 17.0. The maximum absolute atomic E-state index is 12.4. The van der Waals surface area contributed by atoms with Gasteiger partial charge < -0.3 is 29.7 Å². The van der Waals surface area contributed by atoms with Gasteiger partial charge in [-0.25, -0.2) is 4.79 Å². The molecule has 1 rings (SSSR count). The number of aliphatic hydroxyl groups excluding tert-OH is 2. The molecule has 0 aliphatic rings. The number of carbonyl (C=O) groups excluding carboxylic acids is 1. The lowest BCUT2D eigenvalue weighted by Gasteiger charge is -2.30. The predicted molar refractivity (Wildman–Crippen MR) is 131 cm³/mol. The van der Waals surface area contributed by atoms with Crippen molar-refractivity contribution in [2.45, 2.75) is 84.2 Å². The van der Waals surface area contributed by atoms with E-state index in [-0.39, 0.29) is 19.8 Å². The second-order valence-corrected chi connectivity index (χ2v) is 10.3. The predicted octanol–water partition coefficient (Wildman–Crippen LogP) is 4.40. The lowest BCUT2D eigenvalue weighted by molar-refractivity contribution is -0.0994. The lowest BCUT2D eigenvalue weighted by atomic mass is 9.92. The number of alkyl carbamates (subject to hydrolysis) is 1. The van der Waals surface area contributed by atoms with Gasteiger partial charge in [0.05, 0.1) is 43.2 Å². The maximum atomic E-state index is 12.4. The normalized spacial score (nSPS) is 13.5. The molecular weight excluding hydrogens is 422 g/mol. The van der Waals surface area contributed by atoms with Crippen molar-refractivity contribution in [2.24, 2.45) is 0 Å². The van der Waals surface area contributed by atoms with E-state index in [9.17, 15) is 9.90 Å². The molecule has 0 radical (unpaired) electrons. The summed E-state index contributed by atoms with van der Waals surface area (Å²) in [7, 11) is 0. The third-order valence-corrected chi connectivity index (χ3v) is 5.50. The van der Waals surface area contributed by atoms with E-state index in [1.54, 1.807) is 0 Å². The number of hydrogen-bond acceptors (Lipinski definition) is 6. The minimum Gasteiger partial charge on any atom is -0.449 e. The highest BCUT2D eigenvalue weighted by Gasteiger charge is 2.26. The molecule has 1 aromatic carbocycles. The maximum Gasteiger partial charge on any atom is 0.407 e. The zero-order valence-corrected chi connectivity index (χ0v) is 21.4. The van der Waals surface area contributed by atoms with Crippen molar-refractivity contribution in [3.63, 3.8) is 0 Å². The topological polar surface area (TPSA) is 97.3 Å². The Kier molecular flexibility index (Phi) is 11.0. The van der Waals surface area contributed by atoms with Gasteiger partial charge in [-0.15, -0.1) is 0 Å². The Morgan fingerprint density at radius 3 is 2.27 bits per heavy atom. The van der Waals surface area contributed by atoms with E-state index in [4.69, 9.17) is 19.3 Å². The summed E-state index contributed by atoms with van der Waals surface area (Å²) in [4.78, 5) is 12.4. The number of carbonyl (C=O) groups is 1. The van der Waals surface area contributed by atoms with Crippen LogP contribution in [0.5, 0.6) is 0 Å². The largest absolute Gasteiger partial charge is 0.449 e. The van der Waals surface area contributed by atoms with Gasteiger partial charge in [-0.3, -0.25) is 0 Å². The molecule has 1 aromatic rings. The Morgan fingerprint density at radius 1 is 1.06 bits per heavy atom. The fourth-order valence-corrected chi connectivity index (χ4v) is 3.02. The highest BCUT2D eigenvalue weighted by Crippen LogP contribution is 2.24. The van der Waals surface area contributed by atoms with E-state index in [0.717, 1.165) is 16.7 Å². The molecule has 7 nitrogen and oxygen atoms in total. The van der Waals surface area contributed by atoms with Crippen LogP contribution in [0.3, 0.4) is 0 Å². The van der Waals surface area contributed by atoms with Crippen LogP contribution in [0.1, 0.15) is 72.4 Å². The van der Waals surface area contributed by atoms with Gasteiger partial charge in [-0.1, -0.05) is 30.4 Å². The van der Waals surface area contributed by atoms with Crippen molar-refractivity contribution in [1.82, 2.24) is 5.32 Å². The molecular formula is C26H43NO6. The second-order valence-electron chi connectivity index (χ2n) is 10.3. The van der Waals surface area contributed by atoms with Crippen LogP contribution in [0.4, 0.5) is 4.79 Å². The first-order valence-electron chi connectivity index (χ1n) is 11.5. The van der Waals surface area contributed by atoms with Crippen LogP contribution in [-0.4, -0.2) is 60.0 Å². The van der Waals surface area contributed by atoms with Crippen molar-refractivity contribution in [3.05, 3.63) is 42.0 Å². The third-order valence-electron chi connectivity index (χ3n) is 5.50. The molecule has 0 aliphatic carbocycles. The molecule has 33 heavy (non-hydrogen) atoms. The van der Waals surface area contributed by atoms with Crippen LogP contribution in [0, 0.1) is 0 Å². The SMILES string of the molecule is C=C(C)c1cccc(C(C)(C)NC(=O)OCCC(C)(C)OCCC(C)(C)OCC(O)CO)c1. The van der Waals surface area contributed by atoms with Gasteiger partial charge >= 0.3 is 6.09 Å². The van der Waals surface area contributed by atoms with E-state index >= 15 is 0 Å². The van der Waals surface area contributed by atoms with Gasteiger partial charge in [0.25, 0.3) is 0 Å². The fraction of sp³-hybridized carbons (Fsp3) is 0.654. The van der Waals surface area contributed by atoms with Gasteiger partial charge in [-0.05, 0) is 72.1 Å². The first-order chi connectivity index (χ1) is 15.2. The third kappa shape index (κ3) is 11.2. The molecule has 7 heteroatoms. The molecule has 0 spiro atoms. The van der Waals surface area contributed by atoms with Crippen molar-refractivity contribution in [3.8, 4) is 0 Å². The Bertz CT molecular complexity index is 772. The summed E-state index contributed by atoms with van der Waals surface area (Å²) in [6, 6.07) is 7.94. The average molecular weight is 466 g/mol. The van der Waals surface area contributed by atoms with Crippen LogP contribution in [0.2, 0.25) is 0 Å². The zero-order chi connectivity index (χ0) is 25.3. The molecule has 0 bridgehead atoms. The second kappa shape index (κ2) is 12.5. The number of aliphatic hydroxyl groups is 2. The Morgan fingerprint density at radius 2 is 1.67 bits per heavy atom. The number of nitrogens with one attached hydrogen (secondary N) is 1. The Labute approximate surface area is 199 Å². The number of rotatable bonds is 14. The monoisotopic (exact) mass is 465 g/mol. The molecule has 1 atom stereocenters. The molecule has 188 valence electrons. The van der Waals surface area contributed by atoms with E-state index < -0.39 is 28.9 Å². The number of hydrogen-bond donors (Lipinski definition) is 3. The molecule has 0 fully saturated rings. The quantitative estimate of drug-likeness (QED) is 0.377. The molecule has 0 saturated heterocycles. The number of allylic oxidation sites excluding steroid dienone is 1. The zero-order valence-electron chi connectivity index (χ0n) is 21.4. The average Bonchev–Trinajstić information content (AvgIpc) is 2.71. The molecule has 1 unspecified atom stereocenters. The highest BCUT2D eigenvalue weighted by molar-refractivity contribution is 5.69. The van der Waals surface area contributed by atoms with Crippen molar-refractivity contribution >= 4 is 11.7 Å². The molecule has 0 saturated carbocycles. The van der Waals surface area contributed by atoms with Crippen molar-refractivity contribution in [1.29, 1.82) is 0 Å². The van der Waals surface area contributed by atoms with E-state index in [2.05, 4.69) is 11.9 Å². The van der Waals surface area contributed by atoms with Crippen LogP contribution < -0.4 is 5.32 Å². The van der Waals surface area contributed by atoms with Crippen LogP contribution in [0.25, 0.3) is 5.57 Å². The van der Waals surface area contributed by atoms with Gasteiger partial charge in [0.15, 0.2) is 0 Å². The molecule has 0 aromatic heterocycles. The van der Waals surface area contributed by atoms with E-state index in [1.165, 1.54) is 0 Å².